The molecule has 0 spiro atoms. The lowest BCUT2D eigenvalue weighted by atomic mass is 10.1. The first kappa shape index (κ1) is 13.8. The zero-order chi connectivity index (χ0) is 14.0. The molecule has 19 heavy (non-hydrogen) atoms. The van der Waals surface area contributed by atoms with Gasteiger partial charge in [0.25, 0.3) is 0 Å². The Morgan fingerprint density at radius 3 is 2.21 bits per heavy atom. The van der Waals surface area contributed by atoms with Gasteiger partial charge in [0, 0.05) is 31.2 Å². The number of benzene rings is 1. The van der Waals surface area contributed by atoms with Gasteiger partial charge in [-0.2, -0.15) is 0 Å². The normalized spacial score (nSPS) is 23.3. The van der Waals surface area contributed by atoms with Crippen molar-refractivity contribution < 1.29 is 9.47 Å². The van der Waals surface area contributed by atoms with E-state index in [2.05, 4.69) is 24.1 Å². The average molecular weight is 265 g/mol. The van der Waals surface area contributed by atoms with Crippen molar-refractivity contribution in [2.24, 2.45) is 0 Å². The first-order valence-corrected chi connectivity index (χ1v) is 6.57. The molecule has 0 aromatic heterocycles. The molecule has 5 nitrogen and oxygen atoms in total. The summed E-state index contributed by atoms with van der Waals surface area (Å²) in [4.78, 5) is 2.31. The van der Waals surface area contributed by atoms with Gasteiger partial charge in [0.1, 0.15) is 11.5 Å². The molecule has 1 heterocycles. The van der Waals surface area contributed by atoms with E-state index in [0.29, 0.717) is 23.5 Å². The maximum absolute atomic E-state index is 6.01. The lowest BCUT2D eigenvalue weighted by Crippen LogP contribution is -2.54. The third-order valence-corrected chi connectivity index (χ3v) is 3.43. The number of nitrogens with zero attached hydrogens (tertiary/aromatic N) is 1. The maximum atomic E-state index is 6.01. The van der Waals surface area contributed by atoms with Gasteiger partial charge >= 0.3 is 0 Å². The summed E-state index contributed by atoms with van der Waals surface area (Å²) in [6.07, 6.45) is 0. The Labute approximate surface area is 114 Å². The molecule has 1 aliphatic heterocycles. The van der Waals surface area contributed by atoms with Crippen LogP contribution in [0, 0.1) is 0 Å². The molecule has 2 rings (SSSR count). The molecule has 0 aliphatic carbocycles. The van der Waals surface area contributed by atoms with E-state index < -0.39 is 0 Å². The minimum absolute atomic E-state index is 0.441. The van der Waals surface area contributed by atoms with Gasteiger partial charge in [-0.05, 0) is 19.9 Å². The second-order valence-electron chi connectivity index (χ2n) is 5.14. The predicted octanol–water partition coefficient (Wildman–Crippen LogP) is 1.47. The number of ether oxygens (including phenoxy) is 2. The van der Waals surface area contributed by atoms with E-state index in [0.717, 1.165) is 24.5 Å². The number of nitrogens with two attached hydrogens (primary N) is 1. The van der Waals surface area contributed by atoms with Gasteiger partial charge in [0.2, 0.25) is 0 Å². The summed E-state index contributed by atoms with van der Waals surface area (Å²) in [5.74, 6) is 1.45. The molecule has 0 bridgehead atoms. The fourth-order valence-corrected chi connectivity index (χ4v) is 2.68. The van der Waals surface area contributed by atoms with E-state index in [-0.39, 0.29) is 0 Å². The van der Waals surface area contributed by atoms with Gasteiger partial charge in [-0.15, -0.1) is 0 Å². The Hall–Kier alpha value is -1.62. The lowest BCUT2D eigenvalue weighted by Gasteiger charge is -2.38. The Morgan fingerprint density at radius 2 is 1.68 bits per heavy atom. The molecule has 1 aromatic rings. The van der Waals surface area contributed by atoms with Crippen LogP contribution in [-0.4, -0.2) is 39.4 Å². The first-order valence-electron chi connectivity index (χ1n) is 6.57. The Kier molecular flexibility index (Phi) is 4.04. The van der Waals surface area contributed by atoms with Gasteiger partial charge in [0.05, 0.1) is 25.6 Å². The van der Waals surface area contributed by atoms with E-state index in [4.69, 9.17) is 15.2 Å². The van der Waals surface area contributed by atoms with Gasteiger partial charge in [-0.3, -0.25) is 0 Å². The summed E-state index contributed by atoms with van der Waals surface area (Å²) >= 11 is 0. The van der Waals surface area contributed by atoms with Gasteiger partial charge in [-0.1, -0.05) is 0 Å². The van der Waals surface area contributed by atoms with Gasteiger partial charge < -0.3 is 25.4 Å². The minimum Gasteiger partial charge on any atom is -0.494 e. The second-order valence-corrected chi connectivity index (χ2v) is 5.14. The lowest BCUT2D eigenvalue weighted by molar-refractivity contribution is 0.384. The highest BCUT2D eigenvalue weighted by molar-refractivity contribution is 5.71. The predicted molar refractivity (Wildman–Crippen MR) is 78.2 cm³/mol. The number of piperazine rings is 1. The Balaban J connectivity index is 2.35. The van der Waals surface area contributed by atoms with Crippen LogP contribution in [0.4, 0.5) is 11.4 Å². The highest BCUT2D eigenvalue weighted by Crippen LogP contribution is 2.37. The summed E-state index contributed by atoms with van der Waals surface area (Å²) < 4.78 is 10.7. The fourth-order valence-electron chi connectivity index (χ4n) is 2.68. The largest absolute Gasteiger partial charge is 0.494 e. The average Bonchev–Trinajstić information content (AvgIpc) is 2.37. The van der Waals surface area contributed by atoms with Crippen LogP contribution >= 0.6 is 0 Å². The van der Waals surface area contributed by atoms with Crippen LogP contribution in [0.3, 0.4) is 0 Å². The third kappa shape index (κ3) is 2.87. The Bertz CT molecular complexity index is 441. The van der Waals surface area contributed by atoms with E-state index in [1.54, 1.807) is 14.2 Å². The van der Waals surface area contributed by atoms with Crippen molar-refractivity contribution in [2.45, 2.75) is 25.9 Å². The molecule has 0 saturated carbocycles. The molecule has 1 saturated heterocycles. The summed E-state index contributed by atoms with van der Waals surface area (Å²) in [6, 6.07) is 4.67. The zero-order valence-corrected chi connectivity index (χ0v) is 12.1. The van der Waals surface area contributed by atoms with Crippen LogP contribution in [0.1, 0.15) is 13.8 Å². The van der Waals surface area contributed by atoms with Crippen LogP contribution in [0.25, 0.3) is 0 Å². The highest BCUT2D eigenvalue weighted by Gasteiger charge is 2.24. The molecule has 1 aromatic carbocycles. The molecule has 0 amide bonds. The van der Waals surface area contributed by atoms with Crippen LogP contribution < -0.4 is 25.4 Å². The first-order chi connectivity index (χ1) is 9.05. The van der Waals surface area contributed by atoms with E-state index in [1.807, 2.05) is 12.1 Å². The molecule has 0 radical (unpaired) electrons. The van der Waals surface area contributed by atoms with Crippen molar-refractivity contribution in [2.75, 3.05) is 37.9 Å². The van der Waals surface area contributed by atoms with Crippen molar-refractivity contribution >= 4 is 11.4 Å². The molecule has 3 N–H and O–H groups in total. The summed E-state index contributed by atoms with van der Waals surface area (Å²) in [5, 5.41) is 3.52. The van der Waals surface area contributed by atoms with Crippen molar-refractivity contribution in [3.63, 3.8) is 0 Å². The van der Waals surface area contributed by atoms with Gasteiger partial charge in [-0.25, -0.2) is 0 Å². The monoisotopic (exact) mass is 265 g/mol. The number of hydrogen-bond acceptors (Lipinski definition) is 5. The van der Waals surface area contributed by atoms with E-state index in [1.165, 1.54) is 0 Å². The molecule has 1 fully saturated rings. The summed E-state index contributed by atoms with van der Waals surface area (Å²) in [6.45, 7) is 6.24. The Morgan fingerprint density at radius 1 is 1.11 bits per heavy atom. The van der Waals surface area contributed by atoms with Crippen LogP contribution in [0.15, 0.2) is 12.1 Å². The second kappa shape index (κ2) is 5.57. The molecule has 5 heteroatoms. The molecular formula is C14H23N3O2. The van der Waals surface area contributed by atoms with Crippen molar-refractivity contribution in [3.05, 3.63) is 12.1 Å². The molecule has 1 aliphatic rings. The molecule has 106 valence electrons. The van der Waals surface area contributed by atoms with Gasteiger partial charge in [0.15, 0.2) is 0 Å². The van der Waals surface area contributed by atoms with Crippen LogP contribution in [0.2, 0.25) is 0 Å². The van der Waals surface area contributed by atoms with Crippen molar-refractivity contribution in [1.29, 1.82) is 0 Å². The molecule has 2 unspecified atom stereocenters. The third-order valence-electron chi connectivity index (χ3n) is 3.43. The van der Waals surface area contributed by atoms with Crippen molar-refractivity contribution in [3.8, 4) is 11.5 Å². The maximum Gasteiger partial charge on any atom is 0.146 e. The van der Waals surface area contributed by atoms with E-state index >= 15 is 0 Å². The smallest absolute Gasteiger partial charge is 0.146 e. The zero-order valence-electron chi connectivity index (χ0n) is 12.1. The number of hydrogen-bond donors (Lipinski definition) is 2. The van der Waals surface area contributed by atoms with Crippen LogP contribution in [0.5, 0.6) is 11.5 Å². The number of anilines is 2. The number of nitrogens with one attached hydrogen (secondary N) is 1. The van der Waals surface area contributed by atoms with Crippen LogP contribution in [-0.2, 0) is 0 Å². The summed E-state index contributed by atoms with van der Waals surface area (Å²) in [5.41, 5.74) is 7.67. The number of nitrogen functional groups attached to an aromatic ring is 1. The summed E-state index contributed by atoms with van der Waals surface area (Å²) in [7, 11) is 3.28. The molecule has 2 atom stereocenters. The SMILES string of the molecule is COc1cc(OC)c(N2CC(C)NC(C)C2)cc1N. The minimum atomic E-state index is 0.441. The van der Waals surface area contributed by atoms with Crippen molar-refractivity contribution in [1.82, 2.24) is 5.32 Å². The quantitative estimate of drug-likeness (QED) is 0.811. The highest BCUT2D eigenvalue weighted by atomic mass is 16.5. The topological polar surface area (TPSA) is 59.8 Å². The number of rotatable bonds is 3. The standard InChI is InChI=1S/C14H23N3O2/c1-9-7-17(8-10(2)16-9)12-5-11(15)13(18-3)6-14(12)19-4/h5-6,9-10,16H,7-8,15H2,1-4H3. The fraction of sp³-hybridized carbons (Fsp3) is 0.571. The van der Waals surface area contributed by atoms with E-state index in [9.17, 15) is 0 Å². The molecular weight excluding hydrogens is 242 g/mol. The number of methoxy groups -OCH3 is 2.